The molecule has 1 heterocycles. The van der Waals surface area contributed by atoms with Crippen molar-refractivity contribution in [2.45, 2.75) is 6.92 Å². The monoisotopic (exact) mass is 205 g/mol. The lowest BCUT2D eigenvalue weighted by atomic mass is 10.2. The Morgan fingerprint density at radius 2 is 2.13 bits per heavy atom. The molecule has 15 heavy (non-hydrogen) atoms. The van der Waals surface area contributed by atoms with Crippen molar-refractivity contribution < 1.29 is 14.3 Å². The zero-order chi connectivity index (χ0) is 11.3. The molecule has 0 atom stereocenters. The zero-order valence-corrected chi connectivity index (χ0v) is 8.83. The highest BCUT2D eigenvalue weighted by molar-refractivity contribution is 5.87. The molecule has 0 fully saturated rings. The van der Waals surface area contributed by atoms with Gasteiger partial charge in [-0.25, -0.2) is 9.78 Å². The highest BCUT2D eigenvalue weighted by atomic mass is 16.5. The molecule has 1 aromatic heterocycles. The van der Waals surface area contributed by atoms with E-state index in [9.17, 15) is 4.79 Å². The van der Waals surface area contributed by atoms with Crippen LogP contribution in [0, 0.1) is 11.8 Å². The average Bonchev–Trinajstić information content (AvgIpc) is 2.29. The highest BCUT2D eigenvalue weighted by Gasteiger charge is 2.10. The first-order chi connectivity index (χ1) is 7.22. The van der Waals surface area contributed by atoms with Crippen molar-refractivity contribution in [1.82, 2.24) is 4.98 Å². The molecule has 0 amide bonds. The molecule has 0 saturated carbocycles. The summed E-state index contributed by atoms with van der Waals surface area (Å²) in [6.45, 7) is 1.72. The third kappa shape index (κ3) is 2.47. The van der Waals surface area contributed by atoms with Gasteiger partial charge in [0.05, 0.1) is 19.8 Å². The van der Waals surface area contributed by atoms with E-state index < -0.39 is 5.97 Å². The fraction of sp³-hybridized carbons (Fsp3) is 0.273. The summed E-state index contributed by atoms with van der Waals surface area (Å²) < 4.78 is 9.55. The summed E-state index contributed by atoms with van der Waals surface area (Å²) in [4.78, 5) is 15.2. The summed E-state index contributed by atoms with van der Waals surface area (Å²) >= 11 is 0. The molecule has 0 aliphatic rings. The lowest BCUT2D eigenvalue weighted by molar-refractivity contribution is 0.0593. The molecule has 4 heteroatoms. The molecule has 1 aromatic rings. The molecule has 0 aromatic carbocycles. The van der Waals surface area contributed by atoms with Crippen LogP contribution in [0.2, 0.25) is 0 Å². The summed E-state index contributed by atoms with van der Waals surface area (Å²) in [5, 5.41) is 0. The van der Waals surface area contributed by atoms with Gasteiger partial charge in [0.1, 0.15) is 0 Å². The Balaban J connectivity index is 3.16. The van der Waals surface area contributed by atoms with Crippen molar-refractivity contribution in [2.24, 2.45) is 0 Å². The summed E-state index contributed by atoms with van der Waals surface area (Å²) in [5.74, 6) is 5.39. The first kappa shape index (κ1) is 11.1. The van der Waals surface area contributed by atoms with Crippen molar-refractivity contribution in [3.8, 4) is 17.7 Å². The number of aromatic nitrogens is 1. The lowest BCUT2D eigenvalue weighted by Crippen LogP contribution is -2.05. The minimum Gasteiger partial charge on any atom is -0.480 e. The van der Waals surface area contributed by atoms with Crippen molar-refractivity contribution >= 4 is 5.97 Å². The van der Waals surface area contributed by atoms with Gasteiger partial charge in [0.25, 0.3) is 0 Å². The van der Waals surface area contributed by atoms with Crippen LogP contribution in [-0.4, -0.2) is 25.2 Å². The summed E-state index contributed by atoms with van der Waals surface area (Å²) in [5.41, 5.74) is 0.851. The van der Waals surface area contributed by atoms with Gasteiger partial charge in [-0.1, -0.05) is 5.92 Å². The maximum absolute atomic E-state index is 11.2. The minimum absolute atomic E-state index is 0.205. The topological polar surface area (TPSA) is 48.4 Å². The van der Waals surface area contributed by atoms with Crippen LogP contribution in [0.3, 0.4) is 0 Å². The summed E-state index contributed by atoms with van der Waals surface area (Å²) in [6, 6.07) is 3.22. The number of esters is 1. The Labute approximate surface area is 88.2 Å². The minimum atomic E-state index is -0.496. The van der Waals surface area contributed by atoms with Gasteiger partial charge in [0.2, 0.25) is 5.88 Å². The third-order valence-electron chi connectivity index (χ3n) is 1.71. The van der Waals surface area contributed by atoms with E-state index in [1.54, 1.807) is 19.1 Å². The van der Waals surface area contributed by atoms with E-state index in [2.05, 4.69) is 21.6 Å². The van der Waals surface area contributed by atoms with E-state index in [1.807, 2.05) is 0 Å². The van der Waals surface area contributed by atoms with Gasteiger partial charge >= 0.3 is 5.97 Å². The maximum Gasteiger partial charge on any atom is 0.356 e. The van der Waals surface area contributed by atoms with Crippen LogP contribution in [0.1, 0.15) is 23.0 Å². The van der Waals surface area contributed by atoms with Crippen LogP contribution in [-0.2, 0) is 4.74 Å². The fourth-order valence-electron chi connectivity index (χ4n) is 1.04. The van der Waals surface area contributed by atoms with Gasteiger partial charge in [-0.2, -0.15) is 0 Å². The number of nitrogens with zero attached hydrogens (tertiary/aromatic N) is 1. The molecule has 0 saturated heterocycles. The Kier molecular flexibility index (Phi) is 3.69. The quantitative estimate of drug-likeness (QED) is 0.538. The molecular formula is C11H11NO3. The normalized spacial score (nSPS) is 8.73. The van der Waals surface area contributed by atoms with Crippen LogP contribution < -0.4 is 4.74 Å². The molecule has 0 unspecified atom stereocenters. The summed E-state index contributed by atoms with van der Waals surface area (Å²) in [6.07, 6.45) is 0. The second-order valence-corrected chi connectivity index (χ2v) is 2.62. The van der Waals surface area contributed by atoms with E-state index in [-0.39, 0.29) is 5.69 Å². The van der Waals surface area contributed by atoms with Gasteiger partial charge in [0.15, 0.2) is 5.69 Å². The van der Waals surface area contributed by atoms with Crippen molar-refractivity contribution in [2.75, 3.05) is 14.2 Å². The van der Waals surface area contributed by atoms with Crippen LogP contribution >= 0.6 is 0 Å². The first-order valence-electron chi connectivity index (χ1n) is 4.29. The van der Waals surface area contributed by atoms with Crippen molar-refractivity contribution in [1.29, 1.82) is 0 Å². The molecule has 0 aliphatic carbocycles. The van der Waals surface area contributed by atoms with Gasteiger partial charge < -0.3 is 9.47 Å². The SMILES string of the molecule is CC#Cc1ccc(C(=O)OC)nc1OC. The number of pyridine rings is 1. The molecule has 0 aliphatic heterocycles. The third-order valence-corrected chi connectivity index (χ3v) is 1.71. The molecule has 1 rings (SSSR count). The molecular weight excluding hydrogens is 194 g/mol. The van der Waals surface area contributed by atoms with E-state index in [1.165, 1.54) is 14.2 Å². The molecule has 78 valence electrons. The van der Waals surface area contributed by atoms with E-state index in [0.29, 0.717) is 11.4 Å². The summed E-state index contributed by atoms with van der Waals surface area (Å²) in [7, 11) is 2.78. The van der Waals surface area contributed by atoms with Crippen LogP contribution in [0.5, 0.6) is 5.88 Å². The van der Waals surface area contributed by atoms with Crippen molar-refractivity contribution in [3.63, 3.8) is 0 Å². The molecule has 0 bridgehead atoms. The largest absolute Gasteiger partial charge is 0.480 e. The smallest absolute Gasteiger partial charge is 0.356 e. The molecule has 0 N–H and O–H groups in total. The van der Waals surface area contributed by atoms with E-state index in [4.69, 9.17) is 4.74 Å². The first-order valence-corrected chi connectivity index (χ1v) is 4.29. The fourth-order valence-corrected chi connectivity index (χ4v) is 1.04. The van der Waals surface area contributed by atoms with Crippen LogP contribution in [0.4, 0.5) is 0 Å². The number of hydrogen-bond donors (Lipinski definition) is 0. The maximum atomic E-state index is 11.2. The van der Waals surface area contributed by atoms with E-state index >= 15 is 0 Å². The Bertz CT molecular complexity index is 429. The van der Waals surface area contributed by atoms with Gasteiger partial charge in [-0.05, 0) is 19.1 Å². The predicted molar refractivity (Wildman–Crippen MR) is 54.7 cm³/mol. The second-order valence-electron chi connectivity index (χ2n) is 2.62. The van der Waals surface area contributed by atoms with Gasteiger partial charge in [-0.3, -0.25) is 0 Å². The Morgan fingerprint density at radius 3 is 2.67 bits per heavy atom. The number of ether oxygens (including phenoxy) is 2. The number of hydrogen-bond acceptors (Lipinski definition) is 4. The van der Waals surface area contributed by atoms with Crippen molar-refractivity contribution in [3.05, 3.63) is 23.4 Å². The molecule has 4 nitrogen and oxygen atoms in total. The lowest BCUT2D eigenvalue weighted by Gasteiger charge is -2.04. The van der Waals surface area contributed by atoms with Crippen LogP contribution in [0.15, 0.2) is 12.1 Å². The number of rotatable bonds is 2. The Hall–Kier alpha value is -2.02. The Morgan fingerprint density at radius 1 is 1.40 bits per heavy atom. The molecule has 0 spiro atoms. The number of carbonyl (C=O) groups is 1. The second kappa shape index (κ2) is 5.01. The van der Waals surface area contributed by atoms with Gasteiger partial charge in [-0.15, -0.1) is 5.92 Å². The highest BCUT2D eigenvalue weighted by Crippen LogP contribution is 2.14. The number of methoxy groups -OCH3 is 2. The predicted octanol–water partition coefficient (Wildman–Crippen LogP) is 1.25. The van der Waals surface area contributed by atoms with Gasteiger partial charge in [0, 0.05) is 0 Å². The van der Waals surface area contributed by atoms with Crippen LogP contribution in [0.25, 0.3) is 0 Å². The average molecular weight is 205 g/mol. The van der Waals surface area contributed by atoms with E-state index in [0.717, 1.165) is 0 Å². The zero-order valence-electron chi connectivity index (χ0n) is 8.83. The number of carbonyl (C=O) groups excluding carboxylic acids is 1. The molecule has 0 radical (unpaired) electrons. The standard InChI is InChI=1S/C11H11NO3/c1-4-5-8-6-7-9(11(13)15-3)12-10(8)14-2/h6-7H,1-3H3.